The van der Waals surface area contributed by atoms with Crippen LogP contribution < -0.4 is 5.32 Å². The number of hydrogen-bond donors (Lipinski definition) is 4. The van der Waals surface area contributed by atoms with Crippen LogP contribution >= 0.6 is 0 Å². The molecular formula is C8H15NO6. The number of aliphatic hydroxyl groups excluding tert-OH is 3. The summed E-state index contributed by atoms with van der Waals surface area (Å²) in [7, 11) is 1.27. The van der Waals surface area contributed by atoms with Crippen LogP contribution in [0.3, 0.4) is 0 Å². The van der Waals surface area contributed by atoms with Crippen molar-refractivity contribution in [2.24, 2.45) is 0 Å². The van der Waals surface area contributed by atoms with E-state index in [2.05, 4.69) is 5.32 Å². The predicted octanol–water partition coefficient (Wildman–Crippen LogP) is -2.47. The van der Waals surface area contributed by atoms with E-state index in [0.717, 1.165) is 0 Å². The Kier molecular flexibility index (Phi) is 4.00. The molecule has 1 aliphatic heterocycles. The summed E-state index contributed by atoms with van der Waals surface area (Å²) in [6, 6.07) is -1.07. The average Bonchev–Trinajstić information content (AvgIpc) is 2.18. The van der Waals surface area contributed by atoms with E-state index >= 15 is 0 Å². The summed E-state index contributed by atoms with van der Waals surface area (Å²) < 4.78 is 9.53. The highest BCUT2D eigenvalue weighted by Crippen LogP contribution is 2.20. The molecule has 1 heterocycles. The molecule has 5 unspecified atom stereocenters. The Balaban J connectivity index is 2.70. The van der Waals surface area contributed by atoms with Gasteiger partial charge in [-0.25, -0.2) is 0 Å². The van der Waals surface area contributed by atoms with Crippen molar-refractivity contribution in [1.82, 2.24) is 5.32 Å². The van der Waals surface area contributed by atoms with Crippen molar-refractivity contribution in [3.63, 3.8) is 0 Å². The number of carbonyl (C=O) groups is 1. The molecule has 0 radical (unpaired) electrons. The zero-order valence-corrected chi connectivity index (χ0v) is 8.45. The maximum absolute atomic E-state index is 10.8. The normalized spacial score (nSPS) is 41.3. The Bertz CT molecular complexity index is 235. The van der Waals surface area contributed by atoms with Crippen molar-refractivity contribution in [2.45, 2.75) is 37.8 Å². The lowest BCUT2D eigenvalue weighted by molar-refractivity contribution is -0.311. The van der Waals surface area contributed by atoms with E-state index in [4.69, 9.17) is 9.47 Å². The molecule has 1 fully saturated rings. The standard InChI is InChI=1S/C8H15NO6/c1-3(10)9-4-5(11)6(12)8(14-2)15-7(4)13/h4-8,11-13H,1-2H3,(H,9,10). The van der Waals surface area contributed by atoms with Crippen LogP contribution in [0.1, 0.15) is 6.92 Å². The fraction of sp³-hybridized carbons (Fsp3) is 0.875. The number of nitrogens with one attached hydrogen (secondary N) is 1. The van der Waals surface area contributed by atoms with Gasteiger partial charge >= 0.3 is 0 Å². The number of hydrogen-bond acceptors (Lipinski definition) is 6. The number of rotatable bonds is 2. The van der Waals surface area contributed by atoms with Gasteiger partial charge in [-0.05, 0) is 0 Å². The first-order chi connectivity index (χ1) is 6.97. The first-order valence-corrected chi connectivity index (χ1v) is 4.47. The molecule has 0 spiro atoms. The van der Waals surface area contributed by atoms with Gasteiger partial charge in [0.05, 0.1) is 0 Å². The Morgan fingerprint density at radius 1 is 1.33 bits per heavy atom. The lowest BCUT2D eigenvalue weighted by atomic mass is 10.0. The summed E-state index contributed by atoms with van der Waals surface area (Å²) in [4.78, 5) is 10.8. The number of ether oxygens (including phenoxy) is 2. The van der Waals surface area contributed by atoms with Gasteiger partial charge in [0.15, 0.2) is 12.6 Å². The third-order valence-corrected chi connectivity index (χ3v) is 2.18. The van der Waals surface area contributed by atoms with Crippen molar-refractivity contribution in [3.05, 3.63) is 0 Å². The van der Waals surface area contributed by atoms with E-state index in [1.165, 1.54) is 14.0 Å². The molecule has 15 heavy (non-hydrogen) atoms. The van der Waals surface area contributed by atoms with Crippen LogP contribution in [0.15, 0.2) is 0 Å². The smallest absolute Gasteiger partial charge is 0.217 e. The van der Waals surface area contributed by atoms with Gasteiger partial charge in [0.2, 0.25) is 5.91 Å². The topological polar surface area (TPSA) is 108 Å². The highest BCUT2D eigenvalue weighted by molar-refractivity contribution is 5.73. The van der Waals surface area contributed by atoms with Crippen LogP contribution in [0.2, 0.25) is 0 Å². The van der Waals surface area contributed by atoms with Gasteiger partial charge < -0.3 is 30.1 Å². The predicted molar refractivity (Wildman–Crippen MR) is 47.5 cm³/mol. The first kappa shape index (κ1) is 12.3. The fourth-order valence-electron chi connectivity index (χ4n) is 1.43. The first-order valence-electron chi connectivity index (χ1n) is 4.47. The van der Waals surface area contributed by atoms with Crippen molar-refractivity contribution < 1.29 is 29.6 Å². The summed E-state index contributed by atoms with van der Waals surface area (Å²) in [6.07, 6.45) is -5.20. The Morgan fingerprint density at radius 3 is 2.40 bits per heavy atom. The zero-order valence-electron chi connectivity index (χ0n) is 8.45. The maximum Gasteiger partial charge on any atom is 0.217 e. The van der Waals surface area contributed by atoms with Crippen molar-refractivity contribution >= 4 is 5.91 Å². The minimum absolute atomic E-state index is 0.440. The van der Waals surface area contributed by atoms with Crippen LogP contribution in [-0.2, 0) is 14.3 Å². The monoisotopic (exact) mass is 221 g/mol. The van der Waals surface area contributed by atoms with Crippen LogP contribution in [0, 0.1) is 0 Å². The second-order valence-electron chi connectivity index (χ2n) is 3.34. The minimum Gasteiger partial charge on any atom is -0.388 e. The number of amides is 1. The van der Waals surface area contributed by atoms with Gasteiger partial charge in [0.1, 0.15) is 18.2 Å². The van der Waals surface area contributed by atoms with Crippen molar-refractivity contribution in [1.29, 1.82) is 0 Å². The minimum atomic E-state index is -1.42. The molecule has 5 atom stereocenters. The zero-order chi connectivity index (χ0) is 11.6. The molecule has 1 rings (SSSR count). The summed E-state index contributed by atoms with van der Waals surface area (Å²) in [6.45, 7) is 1.23. The largest absolute Gasteiger partial charge is 0.388 e. The number of carbonyl (C=O) groups excluding carboxylic acids is 1. The average molecular weight is 221 g/mol. The second kappa shape index (κ2) is 4.86. The molecule has 1 amide bonds. The molecule has 88 valence electrons. The lowest BCUT2D eigenvalue weighted by Gasteiger charge is -2.39. The molecule has 0 aliphatic carbocycles. The molecule has 0 aromatic heterocycles. The number of methoxy groups -OCH3 is 1. The fourth-order valence-corrected chi connectivity index (χ4v) is 1.43. The summed E-state index contributed by atoms with van der Waals surface area (Å²) in [5.74, 6) is -0.440. The summed E-state index contributed by atoms with van der Waals surface area (Å²) in [5, 5.41) is 30.7. The highest BCUT2D eigenvalue weighted by atomic mass is 16.7. The van der Waals surface area contributed by atoms with Crippen molar-refractivity contribution in [3.8, 4) is 0 Å². The molecule has 1 saturated heterocycles. The van der Waals surface area contributed by atoms with E-state index in [1.807, 2.05) is 0 Å². The van der Waals surface area contributed by atoms with Crippen LogP contribution in [0.5, 0.6) is 0 Å². The van der Waals surface area contributed by atoms with Gasteiger partial charge in [-0.3, -0.25) is 4.79 Å². The van der Waals surface area contributed by atoms with Gasteiger partial charge in [0, 0.05) is 14.0 Å². The Morgan fingerprint density at radius 2 is 1.93 bits per heavy atom. The summed E-state index contributed by atoms with van der Waals surface area (Å²) in [5.41, 5.74) is 0. The molecule has 1 aliphatic rings. The van der Waals surface area contributed by atoms with Gasteiger partial charge in [-0.1, -0.05) is 0 Å². The van der Waals surface area contributed by atoms with Crippen molar-refractivity contribution in [2.75, 3.05) is 7.11 Å². The maximum atomic E-state index is 10.8. The van der Waals surface area contributed by atoms with E-state index < -0.39 is 36.7 Å². The van der Waals surface area contributed by atoms with Gasteiger partial charge in [0.25, 0.3) is 0 Å². The molecular weight excluding hydrogens is 206 g/mol. The van der Waals surface area contributed by atoms with E-state index in [1.54, 1.807) is 0 Å². The molecule has 0 aromatic carbocycles. The van der Waals surface area contributed by atoms with E-state index in [-0.39, 0.29) is 0 Å². The molecule has 7 heteroatoms. The quantitative estimate of drug-likeness (QED) is 0.411. The van der Waals surface area contributed by atoms with E-state index in [9.17, 15) is 20.1 Å². The Labute approximate surface area is 86.6 Å². The molecule has 4 N–H and O–H groups in total. The summed E-state index contributed by atoms with van der Waals surface area (Å²) >= 11 is 0. The molecule has 0 bridgehead atoms. The SMILES string of the molecule is COC1OC(O)C(NC(C)=O)C(O)C1O. The van der Waals surface area contributed by atoms with E-state index in [0.29, 0.717) is 0 Å². The van der Waals surface area contributed by atoms with Gasteiger partial charge in [-0.15, -0.1) is 0 Å². The Hall–Kier alpha value is -0.730. The van der Waals surface area contributed by atoms with Crippen LogP contribution in [0.25, 0.3) is 0 Å². The highest BCUT2D eigenvalue weighted by Gasteiger charge is 2.44. The lowest BCUT2D eigenvalue weighted by Crippen LogP contribution is -2.63. The van der Waals surface area contributed by atoms with Crippen LogP contribution in [0.4, 0.5) is 0 Å². The molecule has 7 nitrogen and oxygen atoms in total. The number of aliphatic hydroxyl groups is 3. The molecule has 0 saturated carbocycles. The third kappa shape index (κ3) is 2.64. The molecule has 0 aromatic rings. The van der Waals surface area contributed by atoms with Crippen LogP contribution in [-0.4, -0.2) is 59.2 Å². The second-order valence-corrected chi connectivity index (χ2v) is 3.34. The van der Waals surface area contributed by atoms with Gasteiger partial charge in [-0.2, -0.15) is 0 Å². The third-order valence-electron chi connectivity index (χ3n) is 2.18.